The van der Waals surface area contributed by atoms with Crippen molar-refractivity contribution in [2.75, 3.05) is 11.5 Å². The molecule has 6 nitrogen and oxygen atoms in total. The van der Waals surface area contributed by atoms with Gasteiger partial charge in [0.25, 0.3) is 0 Å². The molecule has 0 rings (SSSR count). The van der Waals surface area contributed by atoms with Crippen molar-refractivity contribution >= 4 is 23.8 Å². The van der Waals surface area contributed by atoms with Crippen LogP contribution in [0.25, 0.3) is 0 Å². The third-order valence-corrected chi connectivity index (χ3v) is 3.84. The molecule has 0 aromatic rings. The number of esters is 1. The van der Waals surface area contributed by atoms with Crippen molar-refractivity contribution in [3.8, 4) is 6.07 Å². The van der Waals surface area contributed by atoms with Gasteiger partial charge in [-0.25, -0.2) is 4.79 Å². The summed E-state index contributed by atoms with van der Waals surface area (Å²) in [5.74, 6) is 1.51. The molecule has 1 N–H and O–H groups in total. The first-order valence-electron chi connectivity index (χ1n) is 8.61. The fraction of sp³-hybridized carbons (Fsp3) is 0.833. The van der Waals surface area contributed by atoms with Crippen LogP contribution < -0.4 is 5.32 Å². The van der Waals surface area contributed by atoms with E-state index in [-0.39, 0.29) is 5.97 Å². The number of amides is 1. The highest BCUT2D eigenvalue weighted by Crippen LogP contribution is 2.13. The van der Waals surface area contributed by atoms with Crippen LogP contribution in [0.4, 0.5) is 4.79 Å². The molecular weight excluding hydrogens is 340 g/mol. The van der Waals surface area contributed by atoms with Crippen LogP contribution in [0.5, 0.6) is 0 Å². The largest absolute Gasteiger partial charge is 0.460 e. The van der Waals surface area contributed by atoms with Gasteiger partial charge in [0.1, 0.15) is 17.2 Å². The molecule has 7 heteroatoms. The normalized spacial score (nSPS) is 12.8. The number of nitrogens with zero attached hydrogens (tertiary/aromatic N) is 1. The average Bonchev–Trinajstić information content (AvgIpc) is 2.40. The van der Waals surface area contributed by atoms with E-state index >= 15 is 0 Å². The average molecular weight is 373 g/mol. The summed E-state index contributed by atoms with van der Waals surface area (Å²) in [6.45, 7) is 10.9. The molecule has 1 atom stereocenters. The molecule has 0 aromatic carbocycles. The molecule has 0 bridgehead atoms. The topological polar surface area (TPSA) is 88.4 Å². The van der Waals surface area contributed by atoms with Gasteiger partial charge >= 0.3 is 12.1 Å². The van der Waals surface area contributed by atoms with Crippen molar-refractivity contribution in [3.63, 3.8) is 0 Å². The number of hydrogen-bond acceptors (Lipinski definition) is 6. The molecule has 0 aromatic heterocycles. The van der Waals surface area contributed by atoms with Gasteiger partial charge in [-0.1, -0.05) is 0 Å². The van der Waals surface area contributed by atoms with Gasteiger partial charge in [0.15, 0.2) is 0 Å². The highest BCUT2D eigenvalue weighted by atomic mass is 32.2. The van der Waals surface area contributed by atoms with Gasteiger partial charge in [-0.05, 0) is 72.3 Å². The minimum absolute atomic E-state index is 0.163. The summed E-state index contributed by atoms with van der Waals surface area (Å²) in [4.78, 5) is 23.2. The molecule has 1 amide bonds. The summed E-state index contributed by atoms with van der Waals surface area (Å²) in [5.41, 5.74) is -1.01. The zero-order valence-electron chi connectivity index (χ0n) is 16.3. The van der Waals surface area contributed by atoms with Gasteiger partial charge in [-0.15, -0.1) is 0 Å². The minimum Gasteiger partial charge on any atom is -0.460 e. The van der Waals surface area contributed by atoms with E-state index in [2.05, 4.69) is 11.4 Å². The molecule has 0 aliphatic heterocycles. The number of alkyl carbamates (subject to hydrolysis) is 1. The predicted octanol–water partition coefficient (Wildman–Crippen LogP) is 4.04. The summed E-state index contributed by atoms with van der Waals surface area (Å²) in [6, 6.07) is 1.52. The number of nitrogens with one attached hydrogen (secondary N) is 1. The number of ether oxygens (including phenoxy) is 2. The van der Waals surface area contributed by atoms with E-state index in [4.69, 9.17) is 14.7 Å². The van der Waals surface area contributed by atoms with E-state index in [9.17, 15) is 9.59 Å². The smallest absolute Gasteiger partial charge is 0.408 e. The van der Waals surface area contributed by atoms with Gasteiger partial charge in [0.2, 0.25) is 0 Å². The van der Waals surface area contributed by atoms with Gasteiger partial charge < -0.3 is 14.8 Å². The maximum atomic E-state index is 11.6. The van der Waals surface area contributed by atoms with Crippen LogP contribution in [0.2, 0.25) is 0 Å². The Morgan fingerprint density at radius 1 is 1.04 bits per heavy atom. The molecule has 0 fully saturated rings. The second kappa shape index (κ2) is 11.2. The zero-order valence-corrected chi connectivity index (χ0v) is 17.1. The zero-order chi connectivity index (χ0) is 19.5. The van der Waals surface area contributed by atoms with Crippen LogP contribution in [0.15, 0.2) is 0 Å². The first kappa shape index (κ1) is 23.6. The van der Waals surface area contributed by atoms with Gasteiger partial charge in [-0.2, -0.15) is 17.0 Å². The Bertz CT molecular complexity index is 461. The van der Waals surface area contributed by atoms with Crippen LogP contribution in [-0.2, 0) is 14.3 Å². The second-order valence-corrected chi connectivity index (χ2v) is 9.00. The molecular formula is C18H32N2O4S. The van der Waals surface area contributed by atoms with Crippen molar-refractivity contribution in [3.05, 3.63) is 0 Å². The van der Waals surface area contributed by atoms with Crippen molar-refractivity contribution in [2.45, 2.75) is 84.5 Å². The Labute approximate surface area is 156 Å². The maximum Gasteiger partial charge on any atom is 0.408 e. The predicted molar refractivity (Wildman–Crippen MR) is 100 cm³/mol. The summed E-state index contributed by atoms with van der Waals surface area (Å²) in [6.07, 6.45) is 2.13. The molecule has 1 unspecified atom stereocenters. The molecule has 144 valence electrons. The van der Waals surface area contributed by atoms with Crippen LogP contribution in [0.1, 0.15) is 67.2 Å². The Morgan fingerprint density at radius 3 is 2.16 bits per heavy atom. The van der Waals surface area contributed by atoms with Crippen molar-refractivity contribution in [1.29, 1.82) is 5.26 Å². The number of hydrogen-bond donors (Lipinski definition) is 1. The summed E-state index contributed by atoms with van der Waals surface area (Å²) in [7, 11) is 0. The lowest BCUT2D eigenvalue weighted by Crippen LogP contribution is -2.38. The lowest BCUT2D eigenvalue weighted by atomic mass is 10.2. The quantitative estimate of drug-likeness (QED) is 0.485. The van der Waals surface area contributed by atoms with Crippen LogP contribution in [0, 0.1) is 11.3 Å². The molecule has 25 heavy (non-hydrogen) atoms. The molecule has 0 heterocycles. The molecule has 0 radical (unpaired) electrons. The first-order chi connectivity index (χ1) is 11.4. The fourth-order valence-electron chi connectivity index (χ4n) is 1.79. The summed E-state index contributed by atoms with van der Waals surface area (Å²) >= 11 is 1.71. The minimum atomic E-state index is -0.576. The Kier molecular flexibility index (Phi) is 10.6. The SMILES string of the molecule is CC(C)(C)OC(=O)CCCCSCCC(C#N)NC(=O)OC(C)(C)C. The monoisotopic (exact) mass is 372 g/mol. The maximum absolute atomic E-state index is 11.6. The van der Waals surface area contributed by atoms with Crippen molar-refractivity contribution < 1.29 is 19.1 Å². The lowest BCUT2D eigenvalue weighted by molar-refractivity contribution is -0.154. The number of thioether (sulfide) groups is 1. The van der Waals surface area contributed by atoms with E-state index in [0.717, 1.165) is 24.3 Å². The third-order valence-electron chi connectivity index (χ3n) is 2.74. The molecule has 0 aliphatic carbocycles. The third kappa shape index (κ3) is 15.8. The Hall–Kier alpha value is -1.42. The Morgan fingerprint density at radius 2 is 1.64 bits per heavy atom. The van der Waals surface area contributed by atoms with Crippen LogP contribution in [-0.4, -0.2) is 40.8 Å². The molecule has 0 aliphatic rings. The molecule has 0 spiro atoms. The van der Waals surface area contributed by atoms with Gasteiger partial charge in [0, 0.05) is 6.42 Å². The summed E-state index contributed by atoms with van der Waals surface area (Å²) < 4.78 is 10.4. The molecule has 0 saturated carbocycles. The number of carbonyl (C=O) groups is 2. The van der Waals surface area contributed by atoms with Gasteiger partial charge in [-0.3, -0.25) is 4.79 Å². The van der Waals surface area contributed by atoms with E-state index in [1.165, 1.54) is 0 Å². The number of rotatable bonds is 9. The Balaban J connectivity index is 3.77. The van der Waals surface area contributed by atoms with E-state index in [1.807, 2.05) is 20.8 Å². The number of carbonyl (C=O) groups excluding carboxylic acids is 2. The number of unbranched alkanes of at least 4 members (excludes halogenated alkanes) is 1. The number of nitriles is 1. The van der Waals surface area contributed by atoms with Crippen molar-refractivity contribution in [1.82, 2.24) is 5.32 Å². The van der Waals surface area contributed by atoms with E-state index in [0.29, 0.717) is 12.8 Å². The van der Waals surface area contributed by atoms with Crippen LogP contribution >= 0.6 is 11.8 Å². The molecule has 0 saturated heterocycles. The standard InChI is InChI=1S/C18H32N2O4S/c1-17(2,3)23-15(21)9-7-8-11-25-12-10-14(13-19)20-16(22)24-18(4,5)6/h14H,7-12H2,1-6H3,(H,20,22). The highest BCUT2D eigenvalue weighted by molar-refractivity contribution is 7.99. The van der Waals surface area contributed by atoms with Gasteiger partial charge in [0.05, 0.1) is 6.07 Å². The van der Waals surface area contributed by atoms with E-state index < -0.39 is 23.3 Å². The fourth-order valence-corrected chi connectivity index (χ4v) is 2.80. The first-order valence-corrected chi connectivity index (χ1v) is 9.77. The van der Waals surface area contributed by atoms with Crippen molar-refractivity contribution in [2.24, 2.45) is 0 Å². The second-order valence-electron chi connectivity index (χ2n) is 7.77. The summed E-state index contributed by atoms with van der Waals surface area (Å²) in [5, 5.41) is 11.7. The highest BCUT2D eigenvalue weighted by Gasteiger charge is 2.19. The lowest BCUT2D eigenvalue weighted by Gasteiger charge is -2.21. The van der Waals surface area contributed by atoms with E-state index in [1.54, 1.807) is 32.5 Å². The van der Waals surface area contributed by atoms with Crippen LogP contribution in [0.3, 0.4) is 0 Å².